The number of benzene rings is 1. The molecule has 1 aromatic carbocycles. The molecule has 3 N–H and O–H groups in total. The van der Waals surface area contributed by atoms with E-state index in [1.54, 1.807) is 14.0 Å². The Morgan fingerprint density at radius 1 is 1.31 bits per heavy atom. The fourth-order valence-corrected chi connectivity index (χ4v) is 1.46. The van der Waals surface area contributed by atoms with Gasteiger partial charge < -0.3 is 16.0 Å². The molecule has 86 valence electrons. The van der Waals surface area contributed by atoms with Crippen molar-refractivity contribution in [2.45, 2.75) is 13.0 Å². The SMILES string of the molecule is CNC(=O)[C@H](C)NC(=S)Nc1ccccc1. The van der Waals surface area contributed by atoms with Gasteiger partial charge in [-0.25, -0.2) is 0 Å². The lowest BCUT2D eigenvalue weighted by molar-refractivity contribution is -0.121. The smallest absolute Gasteiger partial charge is 0.242 e. The van der Waals surface area contributed by atoms with E-state index in [0.717, 1.165) is 5.69 Å². The first-order valence-electron chi connectivity index (χ1n) is 4.97. The summed E-state index contributed by atoms with van der Waals surface area (Å²) in [5.41, 5.74) is 0.893. The Labute approximate surface area is 100 Å². The third kappa shape index (κ3) is 3.86. The molecule has 0 aliphatic heterocycles. The van der Waals surface area contributed by atoms with Gasteiger partial charge in [-0.05, 0) is 31.3 Å². The predicted octanol–water partition coefficient (Wildman–Crippen LogP) is 1.11. The molecule has 0 heterocycles. The summed E-state index contributed by atoms with van der Waals surface area (Å²) in [6.07, 6.45) is 0. The maximum Gasteiger partial charge on any atom is 0.242 e. The lowest BCUT2D eigenvalue weighted by Crippen LogP contribution is -2.45. The number of nitrogens with one attached hydrogen (secondary N) is 3. The van der Waals surface area contributed by atoms with Gasteiger partial charge in [0.25, 0.3) is 0 Å². The first-order valence-corrected chi connectivity index (χ1v) is 5.38. The van der Waals surface area contributed by atoms with Crippen LogP contribution in [0.5, 0.6) is 0 Å². The van der Waals surface area contributed by atoms with Crippen LogP contribution in [-0.4, -0.2) is 24.1 Å². The molecule has 0 saturated heterocycles. The highest BCUT2D eigenvalue weighted by Crippen LogP contribution is 2.04. The lowest BCUT2D eigenvalue weighted by atomic mass is 10.3. The molecule has 1 aromatic rings. The summed E-state index contributed by atoms with van der Waals surface area (Å²) in [6.45, 7) is 1.75. The molecule has 0 aromatic heterocycles. The van der Waals surface area contributed by atoms with Gasteiger partial charge in [0.15, 0.2) is 5.11 Å². The zero-order valence-corrected chi connectivity index (χ0v) is 10.1. The van der Waals surface area contributed by atoms with Gasteiger partial charge in [0.05, 0.1) is 0 Å². The van der Waals surface area contributed by atoms with Crippen molar-refractivity contribution < 1.29 is 4.79 Å². The standard InChI is InChI=1S/C11H15N3OS/c1-8(10(15)12-2)13-11(16)14-9-6-4-3-5-7-9/h3-8H,1-2H3,(H,12,15)(H2,13,14,16)/t8-/m0/s1. The Hall–Kier alpha value is -1.62. The van der Waals surface area contributed by atoms with E-state index < -0.39 is 0 Å². The molecule has 16 heavy (non-hydrogen) atoms. The highest BCUT2D eigenvalue weighted by Gasteiger charge is 2.11. The average Bonchev–Trinajstić information content (AvgIpc) is 2.29. The van der Waals surface area contributed by atoms with E-state index in [-0.39, 0.29) is 11.9 Å². The normalized spacial score (nSPS) is 11.4. The number of para-hydroxylation sites is 1. The molecule has 0 fully saturated rings. The van der Waals surface area contributed by atoms with E-state index >= 15 is 0 Å². The van der Waals surface area contributed by atoms with Crippen LogP contribution >= 0.6 is 12.2 Å². The van der Waals surface area contributed by atoms with E-state index in [1.165, 1.54) is 0 Å². The van der Waals surface area contributed by atoms with Crippen molar-refractivity contribution in [3.63, 3.8) is 0 Å². The molecular weight excluding hydrogens is 222 g/mol. The summed E-state index contributed by atoms with van der Waals surface area (Å²) in [5.74, 6) is -0.0998. The van der Waals surface area contributed by atoms with E-state index in [4.69, 9.17) is 12.2 Å². The number of anilines is 1. The lowest BCUT2D eigenvalue weighted by Gasteiger charge is -2.15. The third-order valence-electron chi connectivity index (χ3n) is 2.02. The largest absolute Gasteiger partial charge is 0.357 e. The Morgan fingerprint density at radius 3 is 2.50 bits per heavy atom. The molecular formula is C11H15N3OS. The number of hydrogen-bond acceptors (Lipinski definition) is 2. The van der Waals surface area contributed by atoms with E-state index in [9.17, 15) is 4.79 Å². The molecule has 1 atom stereocenters. The van der Waals surface area contributed by atoms with Gasteiger partial charge in [0.2, 0.25) is 5.91 Å². The monoisotopic (exact) mass is 237 g/mol. The molecule has 5 heteroatoms. The van der Waals surface area contributed by atoms with Gasteiger partial charge in [-0.15, -0.1) is 0 Å². The van der Waals surface area contributed by atoms with E-state index in [2.05, 4.69) is 16.0 Å². The summed E-state index contributed by atoms with van der Waals surface area (Å²) in [7, 11) is 1.59. The van der Waals surface area contributed by atoms with Crippen molar-refractivity contribution in [3.05, 3.63) is 30.3 Å². The molecule has 4 nitrogen and oxygen atoms in total. The Kier molecular flexibility index (Phi) is 4.72. The van der Waals surface area contributed by atoms with Crippen molar-refractivity contribution in [2.75, 3.05) is 12.4 Å². The topological polar surface area (TPSA) is 53.2 Å². The molecule has 0 radical (unpaired) electrons. The first-order chi connectivity index (χ1) is 7.63. The second-order valence-electron chi connectivity index (χ2n) is 3.30. The predicted molar refractivity (Wildman–Crippen MR) is 69.3 cm³/mol. The first kappa shape index (κ1) is 12.4. The quantitative estimate of drug-likeness (QED) is 0.689. The van der Waals surface area contributed by atoms with Gasteiger partial charge in [-0.2, -0.15) is 0 Å². The summed E-state index contributed by atoms with van der Waals surface area (Å²) in [5, 5.41) is 8.86. The van der Waals surface area contributed by atoms with Crippen molar-refractivity contribution in [1.29, 1.82) is 0 Å². The number of thiocarbonyl (C=S) groups is 1. The van der Waals surface area contributed by atoms with Crippen LogP contribution < -0.4 is 16.0 Å². The van der Waals surface area contributed by atoms with Crippen molar-refractivity contribution in [2.24, 2.45) is 0 Å². The van der Waals surface area contributed by atoms with Crippen LogP contribution in [0.4, 0.5) is 5.69 Å². The van der Waals surface area contributed by atoms with Crippen LogP contribution in [0.2, 0.25) is 0 Å². The van der Waals surface area contributed by atoms with E-state index in [0.29, 0.717) is 5.11 Å². The van der Waals surface area contributed by atoms with Crippen molar-refractivity contribution >= 4 is 28.9 Å². The maximum atomic E-state index is 11.2. The second-order valence-corrected chi connectivity index (χ2v) is 3.71. The summed E-state index contributed by atoms with van der Waals surface area (Å²) < 4.78 is 0. The fourth-order valence-electron chi connectivity index (χ4n) is 1.17. The van der Waals surface area contributed by atoms with Gasteiger partial charge in [-0.1, -0.05) is 18.2 Å². The highest BCUT2D eigenvalue weighted by molar-refractivity contribution is 7.80. The minimum absolute atomic E-state index is 0.0998. The minimum Gasteiger partial charge on any atom is -0.357 e. The zero-order chi connectivity index (χ0) is 12.0. The number of carbonyl (C=O) groups is 1. The molecule has 0 bridgehead atoms. The van der Waals surface area contributed by atoms with Crippen LogP contribution in [0, 0.1) is 0 Å². The minimum atomic E-state index is -0.353. The molecule has 0 saturated carbocycles. The average molecular weight is 237 g/mol. The third-order valence-corrected chi connectivity index (χ3v) is 2.24. The molecule has 0 aliphatic carbocycles. The second kappa shape index (κ2) is 6.07. The summed E-state index contributed by atoms with van der Waals surface area (Å²) in [4.78, 5) is 11.2. The Balaban J connectivity index is 2.45. The molecule has 0 unspecified atom stereocenters. The summed E-state index contributed by atoms with van der Waals surface area (Å²) >= 11 is 5.08. The van der Waals surface area contributed by atoms with Crippen LogP contribution in [0.1, 0.15) is 6.92 Å². The van der Waals surface area contributed by atoms with Gasteiger partial charge in [-0.3, -0.25) is 4.79 Å². The van der Waals surface area contributed by atoms with Gasteiger partial charge in [0, 0.05) is 12.7 Å². The van der Waals surface area contributed by atoms with Crippen molar-refractivity contribution in [3.8, 4) is 0 Å². The molecule has 0 aliphatic rings. The number of carbonyl (C=O) groups excluding carboxylic acids is 1. The summed E-state index contributed by atoms with van der Waals surface area (Å²) in [6, 6.07) is 9.19. The number of hydrogen-bond donors (Lipinski definition) is 3. The molecule has 0 spiro atoms. The maximum absolute atomic E-state index is 11.2. The zero-order valence-electron chi connectivity index (χ0n) is 9.28. The van der Waals surface area contributed by atoms with Gasteiger partial charge >= 0.3 is 0 Å². The van der Waals surface area contributed by atoms with Gasteiger partial charge in [0.1, 0.15) is 6.04 Å². The number of amides is 1. The van der Waals surface area contributed by atoms with Crippen LogP contribution in [0.25, 0.3) is 0 Å². The van der Waals surface area contributed by atoms with Crippen LogP contribution in [0.15, 0.2) is 30.3 Å². The highest BCUT2D eigenvalue weighted by atomic mass is 32.1. The Morgan fingerprint density at radius 2 is 1.94 bits per heavy atom. The van der Waals surface area contributed by atoms with Crippen molar-refractivity contribution in [1.82, 2.24) is 10.6 Å². The van der Waals surface area contributed by atoms with E-state index in [1.807, 2.05) is 30.3 Å². The number of rotatable bonds is 3. The van der Waals surface area contributed by atoms with Crippen LogP contribution in [-0.2, 0) is 4.79 Å². The Bertz CT molecular complexity index is 367. The molecule has 1 rings (SSSR count). The van der Waals surface area contributed by atoms with Crippen LogP contribution in [0.3, 0.4) is 0 Å². The fraction of sp³-hybridized carbons (Fsp3) is 0.273. The number of likely N-dealkylation sites (N-methyl/N-ethyl adjacent to an activating group) is 1. The molecule has 1 amide bonds.